The van der Waals surface area contributed by atoms with Crippen LogP contribution in [-0.4, -0.2) is 29.8 Å². The fourth-order valence-corrected chi connectivity index (χ4v) is 2.93. The van der Waals surface area contributed by atoms with Gasteiger partial charge in [-0.25, -0.2) is 0 Å². The van der Waals surface area contributed by atoms with Crippen LogP contribution in [-0.2, 0) is 16.0 Å². The lowest BCUT2D eigenvalue weighted by Gasteiger charge is -2.21. The van der Waals surface area contributed by atoms with Gasteiger partial charge in [0.05, 0.1) is 12.2 Å². The molecule has 1 N–H and O–H groups in total. The summed E-state index contributed by atoms with van der Waals surface area (Å²) in [6.07, 6.45) is 0.724. The number of amides is 2. The summed E-state index contributed by atoms with van der Waals surface area (Å²) >= 11 is 3.44. The topological polar surface area (TPSA) is 49.4 Å². The highest BCUT2D eigenvalue weighted by atomic mass is 79.9. The summed E-state index contributed by atoms with van der Waals surface area (Å²) in [6.45, 7) is 4.03. The summed E-state index contributed by atoms with van der Waals surface area (Å²) in [6, 6.07) is 15.6. The molecule has 2 aromatic carbocycles. The van der Waals surface area contributed by atoms with Gasteiger partial charge in [-0.1, -0.05) is 36.4 Å². The Morgan fingerprint density at radius 3 is 2.46 bits per heavy atom. The number of benzene rings is 2. The Morgan fingerprint density at radius 1 is 1.12 bits per heavy atom. The van der Waals surface area contributed by atoms with Gasteiger partial charge >= 0.3 is 0 Å². The van der Waals surface area contributed by atoms with Crippen LogP contribution in [0.3, 0.4) is 0 Å². The second kappa shape index (κ2) is 8.64. The van der Waals surface area contributed by atoms with E-state index < -0.39 is 0 Å². The van der Waals surface area contributed by atoms with Crippen molar-refractivity contribution in [1.82, 2.24) is 4.90 Å². The minimum Gasteiger partial charge on any atom is -0.333 e. The Labute approximate surface area is 151 Å². The van der Waals surface area contributed by atoms with E-state index in [2.05, 4.69) is 21.2 Å². The van der Waals surface area contributed by atoms with Crippen LogP contribution in [0, 0.1) is 6.92 Å². The average Bonchev–Trinajstić information content (AvgIpc) is 2.55. The Balaban J connectivity index is 1.94. The van der Waals surface area contributed by atoms with Crippen LogP contribution in [0.4, 0.5) is 5.69 Å². The molecule has 4 nitrogen and oxygen atoms in total. The number of carbonyl (C=O) groups excluding carboxylic acids is 2. The minimum atomic E-state index is -0.206. The van der Waals surface area contributed by atoms with Crippen LogP contribution < -0.4 is 5.32 Å². The zero-order valence-corrected chi connectivity index (χ0v) is 15.5. The molecule has 24 heavy (non-hydrogen) atoms. The van der Waals surface area contributed by atoms with E-state index in [0.29, 0.717) is 12.2 Å². The van der Waals surface area contributed by atoms with Crippen LogP contribution >= 0.6 is 15.9 Å². The fraction of sp³-hybridized carbons (Fsp3) is 0.263. The number of hydrogen-bond acceptors (Lipinski definition) is 2. The Hall–Kier alpha value is -2.14. The van der Waals surface area contributed by atoms with Crippen molar-refractivity contribution in [3.8, 4) is 0 Å². The molecular weight excluding hydrogens is 368 g/mol. The maximum absolute atomic E-state index is 12.2. The normalized spacial score (nSPS) is 10.3. The van der Waals surface area contributed by atoms with Crippen LogP contribution in [0.2, 0.25) is 0 Å². The predicted octanol–water partition coefficient (Wildman–Crippen LogP) is 3.79. The number of anilines is 1. The quantitative estimate of drug-likeness (QED) is 0.818. The molecule has 0 aliphatic heterocycles. The zero-order chi connectivity index (χ0) is 17.5. The number of halogens is 1. The first-order valence-corrected chi connectivity index (χ1v) is 8.60. The third kappa shape index (κ3) is 5.49. The summed E-state index contributed by atoms with van der Waals surface area (Å²) in [5, 5.41) is 2.84. The van der Waals surface area contributed by atoms with Crippen LogP contribution in [0.1, 0.15) is 18.1 Å². The monoisotopic (exact) mass is 388 g/mol. The van der Waals surface area contributed by atoms with Gasteiger partial charge in [-0.3, -0.25) is 9.59 Å². The first-order valence-electron chi connectivity index (χ1n) is 7.81. The SMILES string of the molecule is CC(=O)N(CCc1ccccc1)CC(=O)Nc1ccc(C)cc1Br. The second-order valence-electron chi connectivity index (χ2n) is 5.71. The Bertz CT molecular complexity index is 717. The van der Waals surface area contributed by atoms with Crippen molar-refractivity contribution in [2.45, 2.75) is 20.3 Å². The predicted molar refractivity (Wildman–Crippen MR) is 99.9 cm³/mol. The van der Waals surface area contributed by atoms with E-state index in [4.69, 9.17) is 0 Å². The maximum Gasteiger partial charge on any atom is 0.244 e. The molecule has 0 saturated carbocycles. The highest BCUT2D eigenvalue weighted by Crippen LogP contribution is 2.23. The number of aryl methyl sites for hydroxylation is 1. The van der Waals surface area contributed by atoms with Crippen molar-refractivity contribution < 1.29 is 9.59 Å². The van der Waals surface area contributed by atoms with Crippen LogP contribution in [0.15, 0.2) is 53.0 Å². The molecule has 0 spiro atoms. The van der Waals surface area contributed by atoms with E-state index in [0.717, 1.165) is 22.0 Å². The van der Waals surface area contributed by atoms with Gasteiger partial charge < -0.3 is 10.2 Å². The number of rotatable bonds is 6. The van der Waals surface area contributed by atoms with Crippen molar-refractivity contribution in [2.24, 2.45) is 0 Å². The Morgan fingerprint density at radius 2 is 1.83 bits per heavy atom. The molecule has 5 heteroatoms. The molecule has 2 amide bonds. The summed E-state index contributed by atoms with van der Waals surface area (Å²) in [5.74, 6) is -0.313. The van der Waals surface area contributed by atoms with E-state index in [1.807, 2.05) is 55.5 Å². The van der Waals surface area contributed by atoms with Crippen LogP contribution in [0.5, 0.6) is 0 Å². The summed E-state index contributed by atoms with van der Waals surface area (Å²) in [7, 11) is 0. The van der Waals surface area contributed by atoms with Crippen LogP contribution in [0.25, 0.3) is 0 Å². The van der Waals surface area contributed by atoms with Crippen molar-refractivity contribution in [2.75, 3.05) is 18.4 Å². The summed E-state index contributed by atoms with van der Waals surface area (Å²) < 4.78 is 0.828. The van der Waals surface area contributed by atoms with Gasteiger partial charge in [0.1, 0.15) is 0 Å². The van der Waals surface area contributed by atoms with Gasteiger partial charge in [0, 0.05) is 17.9 Å². The van der Waals surface area contributed by atoms with Gasteiger partial charge in [-0.15, -0.1) is 0 Å². The Kier molecular flexibility index (Phi) is 6.55. The smallest absolute Gasteiger partial charge is 0.244 e. The molecule has 0 saturated heterocycles. The summed E-state index contributed by atoms with van der Waals surface area (Å²) in [4.78, 5) is 25.6. The molecule has 0 heterocycles. The molecule has 0 aliphatic rings. The fourth-order valence-electron chi connectivity index (χ4n) is 2.34. The van der Waals surface area contributed by atoms with E-state index in [1.54, 1.807) is 4.90 Å². The molecule has 0 atom stereocenters. The molecule has 0 aromatic heterocycles. The van der Waals surface area contributed by atoms with Crippen molar-refractivity contribution >= 4 is 33.4 Å². The van der Waals surface area contributed by atoms with Crippen molar-refractivity contribution in [3.63, 3.8) is 0 Å². The maximum atomic E-state index is 12.2. The lowest BCUT2D eigenvalue weighted by atomic mass is 10.1. The second-order valence-corrected chi connectivity index (χ2v) is 6.56. The molecule has 2 rings (SSSR count). The summed E-state index contributed by atoms with van der Waals surface area (Å²) in [5.41, 5.74) is 2.95. The van der Waals surface area contributed by atoms with Crippen molar-refractivity contribution in [3.05, 3.63) is 64.1 Å². The first kappa shape index (κ1) is 18.2. The molecule has 0 aliphatic carbocycles. The number of nitrogens with one attached hydrogen (secondary N) is 1. The average molecular weight is 389 g/mol. The number of carbonyl (C=O) groups is 2. The molecule has 2 aromatic rings. The third-order valence-corrected chi connectivity index (χ3v) is 4.35. The zero-order valence-electron chi connectivity index (χ0n) is 13.9. The highest BCUT2D eigenvalue weighted by Gasteiger charge is 2.14. The number of hydrogen-bond donors (Lipinski definition) is 1. The minimum absolute atomic E-state index is 0.0441. The van der Waals surface area contributed by atoms with Crippen molar-refractivity contribution in [1.29, 1.82) is 0 Å². The lowest BCUT2D eigenvalue weighted by molar-refractivity contribution is -0.132. The van der Waals surface area contributed by atoms with E-state index in [9.17, 15) is 9.59 Å². The van der Waals surface area contributed by atoms with E-state index in [1.165, 1.54) is 6.92 Å². The molecule has 126 valence electrons. The molecule has 0 fully saturated rings. The molecule has 0 bridgehead atoms. The standard InChI is InChI=1S/C19H21BrN2O2/c1-14-8-9-18(17(20)12-14)21-19(24)13-22(15(2)23)11-10-16-6-4-3-5-7-16/h3-9,12H,10-11,13H2,1-2H3,(H,21,24). The highest BCUT2D eigenvalue weighted by molar-refractivity contribution is 9.10. The van der Waals surface area contributed by atoms with E-state index >= 15 is 0 Å². The molecule has 0 unspecified atom stereocenters. The van der Waals surface area contributed by atoms with Gasteiger partial charge in [0.2, 0.25) is 11.8 Å². The van der Waals surface area contributed by atoms with Gasteiger partial charge in [0.15, 0.2) is 0 Å². The molecule has 0 radical (unpaired) electrons. The van der Waals surface area contributed by atoms with Gasteiger partial charge in [-0.05, 0) is 52.5 Å². The largest absolute Gasteiger partial charge is 0.333 e. The molecular formula is C19H21BrN2O2. The first-order chi connectivity index (χ1) is 11.5. The van der Waals surface area contributed by atoms with Gasteiger partial charge in [0.25, 0.3) is 0 Å². The van der Waals surface area contributed by atoms with Gasteiger partial charge in [-0.2, -0.15) is 0 Å². The number of nitrogens with zero attached hydrogens (tertiary/aromatic N) is 1. The third-order valence-electron chi connectivity index (χ3n) is 3.69. The van der Waals surface area contributed by atoms with E-state index in [-0.39, 0.29) is 18.4 Å². The lowest BCUT2D eigenvalue weighted by Crippen LogP contribution is -2.38.